The van der Waals surface area contributed by atoms with Gasteiger partial charge >= 0.3 is 0 Å². The quantitative estimate of drug-likeness (QED) is 0.347. The molecular formula is C38H50FNO8. The normalized spacial score (nSPS) is 40.2. The molecule has 9 nitrogen and oxygen atoms in total. The molecule has 48 heavy (non-hydrogen) atoms. The van der Waals surface area contributed by atoms with Crippen LogP contribution in [-0.4, -0.2) is 76.5 Å². The molecule has 9 atom stereocenters. The molecular weight excluding hydrogens is 617 g/mol. The summed E-state index contributed by atoms with van der Waals surface area (Å²) in [5.74, 6) is -0.149. The van der Waals surface area contributed by atoms with E-state index >= 15 is 4.39 Å². The van der Waals surface area contributed by atoms with Crippen molar-refractivity contribution in [2.75, 3.05) is 20.3 Å². The number of aliphatic hydroxyl groups excluding tert-OH is 2. The van der Waals surface area contributed by atoms with Crippen molar-refractivity contribution in [3.8, 4) is 11.5 Å². The Bertz CT molecular complexity index is 1520. The lowest BCUT2D eigenvalue weighted by atomic mass is 9.44. The summed E-state index contributed by atoms with van der Waals surface area (Å²) in [4.78, 5) is 35.7. The number of allylic oxidation sites excluding steroid dienone is 4. The average Bonchev–Trinajstić information content (AvgIpc) is 3.79. The number of alkyl halides is 1. The van der Waals surface area contributed by atoms with E-state index in [4.69, 9.17) is 9.47 Å². The highest BCUT2D eigenvalue weighted by atomic mass is 19.1. The number of Topliss-reactive ketones (excluding diaryl/α,β-unsaturated/α-hetero) is 1. The molecule has 0 bridgehead atoms. The lowest BCUT2D eigenvalue weighted by Gasteiger charge is -2.62. The smallest absolute Gasteiger partial charge is 0.220 e. The SMILES string of the molecule is COc1ccc(C2CNC(=O)C2)cc1OC1CCCC1.C[C@@H]1C[C@H]2[C@@H]3CCC4=CC(=O)C=C[C@]4(C)[C@@]3(F)[C@@H](O)C[C@]2(C)[C@@]1(O)C(=O)CO. The Morgan fingerprint density at radius 2 is 1.83 bits per heavy atom. The predicted octanol–water partition coefficient (Wildman–Crippen LogP) is 4.52. The zero-order valence-electron chi connectivity index (χ0n) is 28.5. The third kappa shape index (κ3) is 5.24. The van der Waals surface area contributed by atoms with E-state index in [-0.39, 0.29) is 29.9 Å². The van der Waals surface area contributed by atoms with Crippen molar-refractivity contribution in [1.29, 1.82) is 0 Å². The summed E-state index contributed by atoms with van der Waals surface area (Å²) in [6.07, 6.45) is 10.0. The fourth-order valence-corrected chi connectivity index (χ4v) is 10.3. The zero-order valence-corrected chi connectivity index (χ0v) is 28.5. The Morgan fingerprint density at radius 1 is 1.10 bits per heavy atom. The molecule has 4 N–H and O–H groups in total. The van der Waals surface area contributed by atoms with Gasteiger partial charge in [0.25, 0.3) is 0 Å². The molecule has 1 heterocycles. The zero-order chi connectivity index (χ0) is 34.6. The van der Waals surface area contributed by atoms with Crippen LogP contribution in [-0.2, 0) is 14.4 Å². The van der Waals surface area contributed by atoms with Gasteiger partial charge in [0, 0.05) is 35.6 Å². The van der Waals surface area contributed by atoms with Crippen molar-refractivity contribution in [3.63, 3.8) is 0 Å². The molecule has 262 valence electrons. The van der Waals surface area contributed by atoms with E-state index in [0.717, 1.165) is 29.9 Å². The van der Waals surface area contributed by atoms with E-state index in [2.05, 4.69) is 5.32 Å². The van der Waals surface area contributed by atoms with Gasteiger partial charge < -0.3 is 30.1 Å². The molecule has 5 fully saturated rings. The fourth-order valence-electron chi connectivity index (χ4n) is 10.3. The van der Waals surface area contributed by atoms with Crippen molar-refractivity contribution >= 4 is 17.5 Å². The molecule has 1 aliphatic heterocycles. The van der Waals surface area contributed by atoms with Gasteiger partial charge in [-0.15, -0.1) is 0 Å². The van der Waals surface area contributed by atoms with Crippen molar-refractivity contribution in [3.05, 3.63) is 47.6 Å². The first kappa shape index (κ1) is 34.8. The van der Waals surface area contributed by atoms with Gasteiger partial charge in [-0.1, -0.05) is 31.6 Å². The van der Waals surface area contributed by atoms with Crippen LogP contribution in [0.1, 0.15) is 90.0 Å². The Labute approximate surface area is 282 Å². The van der Waals surface area contributed by atoms with Gasteiger partial charge in [0.1, 0.15) is 12.2 Å². The van der Waals surface area contributed by atoms with Crippen LogP contribution in [0.5, 0.6) is 11.5 Å². The highest BCUT2D eigenvalue weighted by Crippen LogP contribution is 2.70. The lowest BCUT2D eigenvalue weighted by molar-refractivity contribution is -0.219. The van der Waals surface area contributed by atoms with Gasteiger partial charge in [-0.3, -0.25) is 14.4 Å². The van der Waals surface area contributed by atoms with Gasteiger partial charge in [-0.2, -0.15) is 0 Å². The topological polar surface area (TPSA) is 142 Å². The second-order valence-electron chi connectivity index (χ2n) is 15.4. The Hall–Kier alpha value is -3.08. The number of ketones is 2. The molecule has 1 aromatic rings. The first-order chi connectivity index (χ1) is 22.7. The minimum absolute atomic E-state index is 0.0676. The van der Waals surface area contributed by atoms with Gasteiger partial charge in [-0.25, -0.2) is 4.39 Å². The molecule has 0 radical (unpaired) electrons. The molecule has 4 saturated carbocycles. The Balaban J connectivity index is 0.000000177. The number of ether oxygens (including phenoxy) is 2. The summed E-state index contributed by atoms with van der Waals surface area (Å²) in [6, 6.07) is 6.02. The fraction of sp³-hybridized carbons (Fsp3) is 0.658. The first-order valence-corrected chi connectivity index (χ1v) is 17.5. The largest absolute Gasteiger partial charge is 0.493 e. The number of benzene rings is 1. The monoisotopic (exact) mass is 667 g/mol. The maximum atomic E-state index is 16.9. The van der Waals surface area contributed by atoms with Gasteiger partial charge in [-0.05, 0) is 100.0 Å². The minimum Gasteiger partial charge on any atom is -0.493 e. The number of methoxy groups -OCH3 is 1. The van der Waals surface area contributed by atoms with E-state index in [1.807, 2.05) is 18.2 Å². The first-order valence-electron chi connectivity index (χ1n) is 17.5. The number of nitrogens with one attached hydrogen (secondary N) is 1. The summed E-state index contributed by atoms with van der Waals surface area (Å²) >= 11 is 0. The Kier molecular flexibility index (Phi) is 9.18. The number of halogens is 1. The van der Waals surface area contributed by atoms with Crippen LogP contribution in [0, 0.1) is 28.6 Å². The number of hydrogen-bond donors (Lipinski definition) is 4. The number of fused-ring (bicyclic) bond motifs is 5. The molecule has 1 unspecified atom stereocenters. The standard InChI is InChI=1S/C22H29FO5.C16H21NO3/c1-12-8-16-15-5-4-13-9-14(25)6-7-19(13,2)21(15,23)17(26)10-20(16,3)22(12,28)18(27)11-24;1-19-14-7-6-11(12-9-16(18)17-10-12)8-15(14)20-13-4-2-3-5-13/h6-7,9,12,15-17,24,26,28H,4-5,8,10-11H2,1-3H3;6-8,12-13H,2-5,9-10H2,1H3,(H,17,18)/t12-,15+,16+,17+,19+,20+,21+,22+;/m1./s1. The molecule has 1 saturated heterocycles. The summed E-state index contributed by atoms with van der Waals surface area (Å²) < 4.78 is 28.3. The van der Waals surface area contributed by atoms with E-state index in [1.54, 1.807) is 34.0 Å². The molecule has 1 aromatic carbocycles. The molecule has 0 spiro atoms. The summed E-state index contributed by atoms with van der Waals surface area (Å²) in [6.45, 7) is 5.20. The molecule has 5 aliphatic carbocycles. The minimum atomic E-state index is -1.98. The van der Waals surface area contributed by atoms with Crippen LogP contribution in [0.4, 0.5) is 4.39 Å². The van der Waals surface area contributed by atoms with Crippen molar-refractivity contribution < 1.29 is 43.6 Å². The van der Waals surface area contributed by atoms with E-state index in [0.29, 0.717) is 43.9 Å². The van der Waals surface area contributed by atoms with Crippen LogP contribution in [0.2, 0.25) is 0 Å². The summed E-state index contributed by atoms with van der Waals surface area (Å²) in [5, 5.41) is 34.8. The molecule has 10 heteroatoms. The van der Waals surface area contributed by atoms with Crippen molar-refractivity contribution in [2.45, 2.75) is 108 Å². The maximum absolute atomic E-state index is 16.9. The summed E-state index contributed by atoms with van der Waals surface area (Å²) in [5.41, 5.74) is -4.02. The van der Waals surface area contributed by atoms with E-state index in [1.165, 1.54) is 25.0 Å². The number of carbonyl (C=O) groups is 3. The number of amides is 1. The highest BCUT2D eigenvalue weighted by molar-refractivity contribution is 6.01. The van der Waals surface area contributed by atoms with Gasteiger partial charge in [0.2, 0.25) is 5.91 Å². The predicted molar refractivity (Wildman–Crippen MR) is 176 cm³/mol. The molecule has 7 rings (SSSR count). The van der Waals surface area contributed by atoms with Gasteiger partial charge in [0.05, 0.1) is 19.3 Å². The third-order valence-electron chi connectivity index (χ3n) is 13.0. The third-order valence-corrected chi connectivity index (χ3v) is 13.0. The van der Waals surface area contributed by atoms with Crippen molar-refractivity contribution in [2.24, 2.45) is 28.6 Å². The number of aliphatic hydroxyl groups is 3. The van der Waals surface area contributed by atoms with Crippen LogP contribution < -0.4 is 14.8 Å². The molecule has 0 aromatic heterocycles. The van der Waals surface area contributed by atoms with Crippen LogP contribution in [0.3, 0.4) is 0 Å². The average molecular weight is 668 g/mol. The van der Waals surface area contributed by atoms with E-state index < -0.39 is 52.4 Å². The molecule has 1 amide bonds. The van der Waals surface area contributed by atoms with Crippen LogP contribution in [0.25, 0.3) is 0 Å². The number of hydrogen-bond acceptors (Lipinski definition) is 8. The number of rotatable bonds is 6. The lowest BCUT2D eigenvalue weighted by Crippen LogP contribution is -2.69. The van der Waals surface area contributed by atoms with Gasteiger partial charge in [0.15, 0.2) is 28.7 Å². The van der Waals surface area contributed by atoms with E-state index in [9.17, 15) is 29.7 Å². The van der Waals surface area contributed by atoms with Crippen LogP contribution >= 0.6 is 0 Å². The second-order valence-corrected chi connectivity index (χ2v) is 15.4. The second kappa shape index (κ2) is 12.7. The maximum Gasteiger partial charge on any atom is 0.220 e. The molecule has 6 aliphatic rings. The highest BCUT2D eigenvalue weighted by Gasteiger charge is 2.75. The summed E-state index contributed by atoms with van der Waals surface area (Å²) in [7, 11) is 1.66. The van der Waals surface area contributed by atoms with Crippen molar-refractivity contribution in [1.82, 2.24) is 5.32 Å². The van der Waals surface area contributed by atoms with Crippen LogP contribution in [0.15, 0.2) is 42.0 Å². The number of carbonyl (C=O) groups excluding carboxylic acids is 3. The Morgan fingerprint density at radius 3 is 2.48 bits per heavy atom.